The predicted molar refractivity (Wildman–Crippen MR) is 56.0 cm³/mol. The van der Waals surface area contributed by atoms with E-state index in [-0.39, 0.29) is 18.2 Å². The molecule has 1 amide bonds. The van der Waals surface area contributed by atoms with Gasteiger partial charge in [0, 0.05) is 18.2 Å². The molecule has 0 aromatic heterocycles. The summed E-state index contributed by atoms with van der Waals surface area (Å²) in [5.74, 6) is -1.68. The number of alkyl halides is 2. The maximum absolute atomic E-state index is 13.4. The molecule has 0 saturated heterocycles. The van der Waals surface area contributed by atoms with E-state index in [1.807, 2.05) is 0 Å². The average Bonchev–Trinajstić information content (AvgIpc) is 3.11. The van der Waals surface area contributed by atoms with Gasteiger partial charge in [0.1, 0.15) is 5.82 Å². The molecule has 1 aromatic rings. The summed E-state index contributed by atoms with van der Waals surface area (Å²) in [7, 11) is 0. The summed E-state index contributed by atoms with van der Waals surface area (Å²) in [6.45, 7) is -0.0828. The first-order chi connectivity index (χ1) is 8.09. The lowest BCUT2D eigenvalue weighted by atomic mass is 10.2. The van der Waals surface area contributed by atoms with E-state index in [4.69, 9.17) is 0 Å². The molecule has 0 N–H and O–H groups in total. The maximum atomic E-state index is 13.4. The van der Waals surface area contributed by atoms with Crippen LogP contribution in [0, 0.1) is 5.82 Å². The first-order valence-corrected chi connectivity index (χ1v) is 5.41. The number of hydrogen-bond donors (Lipinski definition) is 0. The number of benzene rings is 1. The lowest BCUT2D eigenvalue weighted by Crippen LogP contribution is -2.37. The number of hydrogen-bond acceptors (Lipinski definition) is 1. The highest BCUT2D eigenvalue weighted by Crippen LogP contribution is 2.29. The standard InChI is InChI=1S/C12H12F3NO/c13-10-4-2-1-3-8(10)7-16(9-5-6-9)12(17)11(14)15/h1-4,9,11H,5-7H2. The smallest absolute Gasteiger partial charge is 0.315 e. The minimum atomic E-state index is -3.03. The van der Waals surface area contributed by atoms with Gasteiger partial charge < -0.3 is 4.90 Å². The van der Waals surface area contributed by atoms with Crippen molar-refractivity contribution in [3.8, 4) is 0 Å². The van der Waals surface area contributed by atoms with Crippen molar-refractivity contribution < 1.29 is 18.0 Å². The number of carbonyl (C=O) groups excluding carboxylic acids is 1. The highest BCUT2D eigenvalue weighted by molar-refractivity contribution is 5.80. The van der Waals surface area contributed by atoms with Crippen molar-refractivity contribution in [3.63, 3.8) is 0 Å². The van der Waals surface area contributed by atoms with Crippen LogP contribution in [0.5, 0.6) is 0 Å². The normalized spacial score (nSPS) is 15.1. The molecule has 5 heteroatoms. The Labute approximate surface area is 97.0 Å². The van der Waals surface area contributed by atoms with Crippen LogP contribution >= 0.6 is 0 Å². The molecule has 1 fully saturated rings. The van der Waals surface area contributed by atoms with Gasteiger partial charge in [-0.3, -0.25) is 4.79 Å². The van der Waals surface area contributed by atoms with Gasteiger partial charge in [-0.15, -0.1) is 0 Å². The SMILES string of the molecule is O=C(C(F)F)N(Cc1ccccc1F)C1CC1. The van der Waals surface area contributed by atoms with Crippen molar-refractivity contribution in [2.75, 3.05) is 0 Å². The summed E-state index contributed by atoms with van der Waals surface area (Å²) in [4.78, 5) is 12.4. The van der Waals surface area contributed by atoms with Crippen molar-refractivity contribution >= 4 is 5.91 Å². The van der Waals surface area contributed by atoms with Crippen molar-refractivity contribution in [2.45, 2.75) is 31.9 Å². The van der Waals surface area contributed by atoms with Crippen molar-refractivity contribution in [2.24, 2.45) is 0 Å². The Morgan fingerprint density at radius 2 is 2.00 bits per heavy atom. The molecule has 0 heterocycles. The van der Waals surface area contributed by atoms with E-state index in [9.17, 15) is 18.0 Å². The average molecular weight is 243 g/mol. The highest BCUT2D eigenvalue weighted by atomic mass is 19.3. The summed E-state index contributed by atoms with van der Waals surface area (Å²) in [5.41, 5.74) is 0.272. The van der Waals surface area contributed by atoms with E-state index in [2.05, 4.69) is 0 Å². The van der Waals surface area contributed by atoms with E-state index in [0.29, 0.717) is 12.8 Å². The minimum absolute atomic E-state index is 0.0828. The second-order valence-electron chi connectivity index (χ2n) is 4.09. The van der Waals surface area contributed by atoms with Crippen LogP contribution in [0.4, 0.5) is 13.2 Å². The zero-order valence-electron chi connectivity index (χ0n) is 9.07. The highest BCUT2D eigenvalue weighted by Gasteiger charge is 2.36. The molecule has 1 saturated carbocycles. The maximum Gasteiger partial charge on any atom is 0.315 e. The Morgan fingerprint density at radius 1 is 1.35 bits per heavy atom. The van der Waals surface area contributed by atoms with Gasteiger partial charge in [0.15, 0.2) is 0 Å². The number of halogens is 3. The molecule has 0 bridgehead atoms. The third-order valence-corrected chi connectivity index (χ3v) is 2.76. The van der Waals surface area contributed by atoms with Crippen LogP contribution in [0.15, 0.2) is 24.3 Å². The predicted octanol–water partition coefficient (Wildman–Crippen LogP) is 2.58. The molecule has 2 nitrogen and oxygen atoms in total. The minimum Gasteiger partial charge on any atom is -0.330 e. The van der Waals surface area contributed by atoms with Gasteiger partial charge in [0.2, 0.25) is 0 Å². The van der Waals surface area contributed by atoms with E-state index in [1.165, 1.54) is 18.2 Å². The Morgan fingerprint density at radius 3 is 2.53 bits per heavy atom. The van der Waals surface area contributed by atoms with Gasteiger partial charge in [0.25, 0.3) is 5.91 Å². The summed E-state index contributed by atoms with van der Waals surface area (Å²) < 4.78 is 38.1. The first kappa shape index (κ1) is 12.0. The molecule has 17 heavy (non-hydrogen) atoms. The molecule has 0 radical (unpaired) electrons. The molecule has 1 aromatic carbocycles. The third-order valence-electron chi connectivity index (χ3n) is 2.76. The monoisotopic (exact) mass is 243 g/mol. The zero-order chi connectivity index (χ0) is 12.4. The largest absolute Gasteiger partial charge is 0.330 e. The number of nitrogens with zero attached hydrogens (tertiary/aromatic N) is 1. The van der Waals surface area contributed by atoms with Crippen LogP contribution in [0.25, 0.3) is 0 Å². The van der Waals surface area contributed by atoms with Crippen molar-refractivity contribution in [1.29, 1.82) is 0 Å². The second-order valence-corrected chi connectivity index (χ2v) is 4.09. The lowest BCUT2D eigenvalue weighted by Gasteiger charge is -2.22. The Balaban J connectivity index is 2.13. The van der Waals surface area contributed by atoms with Gasteiger partial charge in [0.05, 0.1) is 0 Å². The summed E-state index contributed by atoms with van der Waals surface area (Å²) in [5, 5.41) is 0. The lowest BCUT2D eigenvalue weighted by molar-refractivity contribution is -0.144. The van der Waals surface area contributed by atoms with E-state index < -0.39 is 18.1 Å². The second kappa shape index (κ2) is 4.77. The first-order valence-electron chi connectivity index (χ1n) is 5.41. The fraction of sp³-hybridized carbons (Fsp3) is 0.417. The molecule has 2 rings (SSSR count). The fourth-order valence-corrected chi connectivity index (χ4v) is 1.71. The topological polar surface area (TPSA) is 20.3 Å². The third kappa shape index (κ3) is 2.78. The number of amides is 1. The van der Waals surface area contributed by atoms with Crippen LogP contribution in [-0.2, 0) is 11.3 Å². The summed E-state index contributed by atoms with van der Waals surface area (Å²) in [6.07, 6.45) is -1.60. The Bertz CT molecular complexity index is 418. The molecule has 0 spiro atoms. The van der Waals surface area contributed by atoms with Gasteiger partial charge in [-0.2, -0.15) is 8.78 Å². The molecule has 0 unspecified atom stereocenters. The molecular formula is C12H12F3NO. The van der Waals surface area contributed by atoms with Crippen molar-refractivity contribution in [3.05, 3.63) is 35.6 Å². The van der Waals surface area contributed by atoms with Crippen LogP contribution in [-0.4, -0.2) is 23.3 Å². The quantitative estimate of drug-likeness (QED) is 0.796. The molecule has 0 aliphatic heterocycles. The zero-order valence-corrected chi connectivity index (χ0v) is 9.07. The van der Waals surface area contributed by atoms with Gasteiger partial charge in [-0.05, 0) is 18.9 Å². The van der Waals surface area contributed by atoms with E-state index in [1.54, 1.807) is 6.07 Å². The molecule has 1 aliphatic carbocycles. The summed E-state index contributed by atoms with van der Waals surface area (Å²) >= 11 is 0. The Kier molecular flexibility index (Phi) is 3.36. The van der Waals surface area contributed by atoms with Gasteiger partial charge >= 0.3 is 6.43 Å². The Hall–Kier alpha value is -1.52. The fourth-order valence-electron chi connectivity index (χ4n) is 1.71. The van der Waals surface area contributed by atoms with Crippen LogP contribution in [0.3, 0.4) is 0 Å². The number of carbonyl (C=O) groups is 1. The summed E-state index contributed by atoms with van der Waals surface area (Å²) in [6, 6.07) is 5.75. The molecule has 92 valence electrons. The molecule has 1 aliphatic rings. The van der Waals surface area contributed by atoms with E-state index >= 15 is 0 Å². The van der Waals surface area contributed by atoms with Crippen LogP contribution < -0.4 is 0 Å². The van der Waals surface area contributed by atoms with E-state index in [0.717, 1.165) is 4.90 Å². The van der Waals surface area contributed by atoms with Gasteiger partial charge in [-0.25, -0.2) is 4.39 Å². The number of rotatable bonds is 4. The van der Waals surface area contributed by atoms with Crippen molar-refractivity contribution in [1.82, 2.24) is 4.90 Å². The van der Waals surface area contributed by atoms with Crippen LogP contribution in [0.1, 0.15) is 18.4 Å². The van der Waals surface area contributed by atoms with Gasteiger partial charge in [-0.1, -0.05) is 18.2 Å². The van der Waals surface area contributed by atoms with Crippen LogP contribution in [0.2, 0.25) is 0 Å². The molecular weight excluding hydrogens is 231 g/mol. The molecule has 0 atom stereocenters.